The normalized spacial score (nSPS) is 14.2. The van der Waals surface area contributed by atoms with Gasteiger partial charge in [0, 0.05) is 5.41 Å². The second-order valence-electron chi connectivity index (χ2n) is 1.20. The van der Waals surface area contributed by atoms with Gasteiger partial charge in [0.05, 0.1) is 0 Å². The Bertz CT molecular complexity index is 219. The first-order valence-electron chi connectivity index (χ1n) is 1.97. The largest absolute Gasteiger partial charge is 0.365 e. The molecule has 2 nitrogen and oxygen atoms in total. The van der Waals surface area contributed by atoms with Crippen LogP contribution in [0.3, 0.4) is 0 Å². The number of hydrogen-bond donors (Lipinski definition) is 1. The average molecular weight is 125 g/mol. The van der Waals surface area contributed by atoms with E-state index in [1.165, 1.54) is 11.8 Å². The van der Waals surface area contributed by atoms with Crippen molar-refractivity contribution >= 4 is 17.7 Å². The van der Waals surface area contributed by atoms with Crippen LogP contribution in [0.2, 0.25) is 0 Å². The van der Waals surface area contributed by atoms with E-state index >= 15 is 0 Å². The van der Waals surface area contributed by atoms with Gasteiger partial charge in [0.1, 0.15) is 4.91 Å². The summed E-state index contributed by atoms with van der Waals surface area (Å²) in [6.07, 6.45) is 0. The zero-order valence-corrected chi connectivity index (χ0v) is 4.79. The Morgan fingerprint density at radius 2 is 2.62 bits per heavy atom. The van der Waals surface area contributed by atoms with Crippen LogP contribution in [0.1, 0.15) is 0 Å². The molecule has 3 heteroatoms. The van der Waals surface area contributed by atoms with Gasteiger partial charge in [-0.1, -0.05) is 17.5 Å². The molecule has 0 spiro atoms. The molecule has 0 fully saturated rings. The number of carbonyl (C=O) groups is 1. The van der Waals surface area contributed by atoms with Crippen molar-refractivity contribution in [2.75, 3.05) is 0 Å². The number of hydrogen-bond acceptors (Lipinski definition) is 2. The van der Waals surface area contributed by atoms with Crippen molar-refractivity contribution in [1.82, 2.24) is 0 Å². The van der Waals surface area contributed by atoms with E-state index in [1.807, 2.05) is 0 Å². The molecule has 1 aliphatic heterocycles. The van der Waals surface area contributed by atoms with Gasteiger partial charge in [-0.2, -0.15) is 0 Å². The lowest BCUT2D eigenvalue weighted by Gasteiger charge is -1.85. The number of amides is 1. The number of rotatable bonds is 1. The summed E-state index contributed by atoms with van der Waals surface area (Å²) in [6, 6.07) is 0. The first-order chi connectivity index (χ1) is 3.80. The summed E-state index contributed by atoms with van der Waals surface area (Å²) in [7, 11) is 0. The molecule has 1 aliphatic rings. The molecule has 8 heavy (non-hydrogen) atoms. The third kappa shape index (κ3) is 0.849. The fourth-order valence-corrected chi connectivity index (χ4v) is 0.802. The summed E-state index contributed by atoms with van der Waals surface area (Å²) < 4.78 is 0. The van der Waals surface area contributed by atoms with E-state index in [-0.39, 0.29) is 0 Å². The van der Waals surface area contributed by atoms with Crippen LogP contribution in [0.5, 0.6) is 0 Å². The molecule has 1 amide bonds. The van der Waals surface area contributed by atoms with E-state index in [1.54, 1.807) is 5.41 Å². The minimum atomic E-state index is -0.434. The van der Waals surface area contributed by atoms with E-state index in [9.17, 15) is 4.79 Å². The number of carbonyl (C=O) groups excluding carboxylic acids is 1. The Hall–Kier alpha value is -0.880. The van der Waals surface area contributed by atoms with Crippen LogP contribution in [0.25, 0.3) is 0 Å². The van der Waals surface area contributed by atoms with Crippen LogP contribution in [0.15, 0.2) is 21.8 Å². The van der Waals surface area contributed by atoms with Gasteiger partial charge >= 0.3 is 0 Å². The molecule has 0 aromatic heterocycles. The molecule has 0 atom stereocenters. The van der Waals surface area contributed by atoms with Crippen molar-refractivity contribution in [3.05, 3.63) is 21.8 Å². The Morgan fingerprint density at radius 1 is 1.88 bits per heavy atom. The van der Waals surface area contributed by atoms with Crippen molar-refractivity contribution in [1.29, 1.82) is 0 Å². The maximum Gasteiger partial charge on any atom is 0.264 e. The van der Waals surface area contributed by atoms with Crippen LogP contribution < -0.4 is 5.73 Å². The average Bonchev–Trinajstić information content (AvgIpc) is 2.12. The van der Waals surface area contributed by atoms with Crippen molar-refractivity contribution in [2.24, 2.45) is 5.73 Å². The van der Waals surface area contributed by atoms with Gasteiger partial charge in [-0.05, 0) is 5.73 Å². The third-order valence-electron chi connectivity index (χ3n) is 0.645. The molecule has 0 aromatic carbocycles. The lowest BCUT2D eigenvalue weighted by atomic mass is 10.6. The smallest absolute Gasteiger partial charge is 0.264 e. The van der Waals surface area contributed by atoms with E-state index in [4.69, 9.17) is 5.73 Å². The predicted octanol–water partition coefficient (Wildman–Crippen LogP) is 0.370. The van der Waals surface area contributed by atoms with Crippen molar-refractivity contribution < 1.29 is 4.79 Å². The van der Waals surface area contributed by atoms with E-state index in [0.29, 0.717) is 4.91 Å². The second-order valence-corrected chi connectivity index (χ2v) is 2.08. The molecule has 1 rings (SSSR count). The van der Waals surface area contributed by atoms with E-state index in [2.05, 4.69) is 11.5 Å². The highest BCUT2D eigenvalue weighted by Crippen LogP contribution is 2.17. The van der Waals surface area contributed by atoms with Gasteiger partial charge in [0.15, 0.2) is 0 Å². The third-order valence-corrected chi connectivity index (χ3v) is 1.42. The molecule has 0 unspecified atom stereocenters. The zero-order chi connectivity index (χ0) is 5.98. The number of thioether (sulfide) groups is 1. The van der Waals surface area contributed by atoms with Crippen molar-refractivity contribution in [3.63, 3.8) is 0 Å². The molecule has 40 valence electrons. The lowest BCUT2D eigenvalue weighted by Crippen LogP contribution is -2.09. The highest BCUT2D eigenvalue weighted by atomic mass is 32.2. The molecule has 0 saturated heterocycles. The standard InChI is InChI=1S/C5H3NOS/c6-5(7)4-2-1-3-8-4/h3H,(H2,6,7). The summed E-state index contributed by atoms with van der Waals surface area (Å²) in [5.41, 5.74) is 10.0. The molecule has 0 saturated carbocycles. The molecular weight excluding hydrogens is 122 g/mol. The topological polar surface area (TPSA) is 43.1 Å². The van der Waals surface area contributed by atoms with Gasteiger partial charge < -0.3 is 5.73 Å². The summed E-state index contributed by atoms with van der Waals surface area (Å²) in [5.74, 6) is -0.434. The first-order valence-corrected chi connectivity index (χ1v) is 2.85. The molecule has 0 aliphatic carbocycles. The van der Waals surface area contributed by atoms with Crippen LogP contribution in [-0.4, -0.2) is 5.91 Å². The molecule has 2 N–H and O–H groups in total. The maximum absolute atomic E-state index is 10.2. The second kappa shape index (κ2) is 1.93. The summed E-state index contributed by atoms with van der Waals surface area (Å²) >= 11 is 1.25. The SMILES string of the molecule is NC(=O)C1=C=C=CS1. The summed E-state index contributed by atoms with van der Waals surface area (Å²) in [5, 5.41) is 1.64. The Balaban J connectivity index is 2.94. The molecule has 0 radical (unpaired) electrons. The number of primary amides is 1. The van der Waals surface area contributed by atoms with Crippen LogP contribution in [0, 0.1) is 0 Å². The quantitative estimate of drug-likeness (QED) is 0.514. The molecular formula is C5H3NOS. The van der Waals surface area contributed by atoms with Crippen LogP contribution >= 0.6 is 11.8 Å². The maximum atomic E-state index is 10.2. The fraction of sp³-hybridized carbons (Fsp3) is 0. The van der Waals surface area contributed by atoms with Gasteiger partial charge in [-0.15, -0.1) is 0 Å². The Morgan fingerprint density at radius 3 is 2.88 bits per heavy atom. The predicted molar refractivity (Wildman–Crippen MR) is 31.9 cm³/mol. The first kappa shape index (κ1) is 5.26. The monoisotopic (exact) mass is 125 g/mol. The van der Waals surface area contributed by atoms with Gasteiger partial charge in [0.25, 0.3) is 5.91 Å². The Labute approximate surface area is 50.7 Å². The van der Waals surface area contributed by atoms with Gasteiger partial charge in [-0.25, -0.2) is 0 Å². The number of nitrogens with two attached hydrogens (primary N) is 1. The van der Waals surface area contributed by atoms with Crippen LogP contribution in [-0.2, 0) is 4.79 Å². The minimum absolute atomic E-state index is 0.434. The zero-order valence-electron chi connectivity index (χ0n) is 3.97. The van der Waals surface area contributed by atoms with Crippen molar-refractivity contribution in [3.8, 4) is 0 Å². The molecule has 1 heterocycles. The van der Waals surface area contributed by atoms with E-state index in [0.717, 1.165) is 0 Å². The highest BCUT2D eigenvalue weighted by Gasteiger charge is 2.03. The molecule has 0 bridgehead atoms. The van der Waals surface area contributed by atoms with Crippen molar-refractivity contribution in [2.45, 2.75) is 0 Å². The highest BCUT2D eigenvalue weighted by molar-refractivity contribution is 8.06. The van der Waals surface area contributed by atoms with E-state index < -0.39 is 5.91 Å². The summed E-state index contributed by atoms with van der Waals surface area (Å²) in [4.78, 5) is 10.7. The minimum Gasteiger partial charge on any atom is -0.365 e. The fourth-order valence-electron chi connectivity index (χ4n) is 0.333. The Kier molecular flexibility index (Phi) is 1.27. The van der Waals surface area contributed by atoms with Gasteiger partial charge in [-0.3, -0.25) is 4.79 Å². The molecule has 0 aromatic rings. The summed E-state index contributed by atoms with van der Waals surface area (Å²) in [6.45, 7) is 0. The van der Waals surface area contributed by atoms with Gasteiger partial charge in [0.2, 0.25) is 0 Å². The lowest BCUT2D eigenvalue weighted by molar-refractivity contribution is -0.113. The van der Waals surface area contributed by atoms with Crippen LogP contribution in [0.4, 0.5) is 0 Å².